The Morgan fingerprint density at radius 2 is 0.609 bits per heavy atom. The Hall–Kier alpha value is -6.90. The summed E-state index contributed by atoms with van der Waals surface area (Å²) in [6.45, 7) is 4.36. The topological polar surface area (TPSA) is 6.48 Å². The van der Waals surface area contributed by atoms with Crippen molar-refractivity contribution in [1.82, 2.24) is 0 Å². The van der Waals surface area contributed by atoms with Crippen LogP contribution in [-0.2, 0) is 0 Å². The van der Waals surface area contributed by atoms with E-state index in [0.717, 1.165) is 22.7 Å². The molecule has 2 nitrogen and oxygen atoms in total. The first kappa shape index (κ1) is 39.9. The maximum Gasteiger partial charge on any atom is 0.0620 e. The molecule has 0 aliphatic heterocycles. The van der Waals surface area contributed by atoms with Crippen LogP contribution in [0.5, 0.6) is 0 Å². The third kappa shape index (κ3) is 7.88. The third-order valence-electron chi connectivity index (χ3n) is 13.9. The predicted octanol–water partition coefficient (Wildman–Crippen LogP) is 18.6. The highest BCUT2D eigenvalue weighted by atomic mass is 15.2. The number of nitrogens with zero attached hydrogens (tertiary/aromatic N) is 2. The van der Waals surface area contributed by atoms with Crippen LogP contribution in [0, 0.1) is 13.8 Å². The van der Waals surface area contributed by atoms with Gasteiger partial charge >= 0.3 is 0 Å². The van der Waals surface area contributed by atoms with Crippen molar-refractivity contribution in [2.45, 2.75) is 78.1 Å². The molecule has 0 heterocycles. The van der Waals surface area contributed by atoms with Crippen molar-refractivity contribution in [2.24, 2.45) is 0 Å². The highest BCUT2D eigenvalue weighted by Crippen LogP contribution is 2.53. The fourth-order valence-electron chi connectivity index (χ4n) is 10.4. The van der Waals surface area contributed by atoms with Gasteiger partial charge in [0.25, 0.3) is 0 Å². The van der Waals surface area contributed by atoms with Gasteiger partial charge in [0, 0.05) is 44.3 Å². The van der Waals surface area contributed by atoms with Crippen LogP contribution >= 0.6 is 0 Å². The van der Waals surface area contributed by atoms with E-state index in [1.807, 2.05) is 0 Å². The van der Waals surface area contributed by atoms with Gasteiger partial charge in [-0.2, -0.15) is 0 Å². The normalized spacial score (nSPS) is 14.3. The highest BCUT2D eigenvalue weighted by molar-refractivity contribution is 6.27. The van der Waals surface area contributed by atoms with Crippen molar-refractivity contribution in [2.75, 3.05) is 9.80 Å². The van der Waals surface area contributed by atoms with E-state index in [4.69, 9.17) is 0 Å². The fourth-order valence-corrected chi connectivity index (χ4v) is 10.4. The molecule has 2 saturated carbocycles. The number of aryl methyl sites for hydroxylation is 2. The molecule has 11 rings (SSSR count). The monoisotopic (exact) mass is 828 g/mol. The molecule has 0 atom stereocenters. The Morgan fingerprint density at radius 3 is 0.906 bits per heavy atom. The number of allylic oxidation sites excluding steroid dienone is 2. The fraction of sp³-hybridized carbons (Fsp3) is 0.194. The minimum absolute atomic E-state index is 1.14. The van der Waals surface area contributed by atoms with Crippen molar-refractivity contribution >= 4 is 89.4 Å². The van der Waals surface area contributed by atoms with Gasteiger partial charge in [0.15, 0.2) is 0 Å². The molecule has 314 valence electrons. The average molecular weight is 829 g/mol. The number of hydrogen-bond acceptors (Lipinski definition) is 2. The summed E-state index contributed by atoms with van der Waals surface area (Å²) in [6.07, 6.45) is 17.6. The molecular formula is C62H56N2. The number of hydrogen-bond donors (Lipinski definition) is 0. The maximum absolute atomic E-state index is 2.53. The molecule has 0 unspecified atom stereocenters. The lowest BCUT2D eigenvalue weighted by atomic mass is 9.91. The van der Waals surface area contributed by atoms with Crippen molar-refractivity contribution in [3.63, 3.8) is 0 Å². The highest BCUT2D eigenvalue weighted by Gasteiger charge is 2.27. The van der Waals surface area contributed by atoms with E-state index in [1.54, 1.807) is 11.1 Å². The summed E-state index contributed by atoms with van der Waals surface area (Å²) in [7, 11) is 0. The molecule has 2 fully saturated rings. The average Bonchev–Trinajstić information content (AvgIpc) is 3.34. The van der Waals surface area contributed by atoms with Crippen LogP contribution in [0.1, 0.15) is 86.5 Å². The van der Waals surface area contributed by atoms with Gasteiger partial charge in [-0.25, -0.2) is 0 Å². The minimum atomic E-state index is 1.14. The van der Waals surface area contributed by atoms with Gasteiger partial charge in [-0.15, -0.1) is 0 Å². The molecule has 9 aromatic carbocycles. The zero-order valence-electron chi connectivity index (χ0n) is 37.3. The number of fused-ring (bicyclic) bond motifs is 4. The molecule has 0 aromatic heterocycles. The maximum atomic E-state index is 2.53. The SMILES string of the molecule is Cc1ccc(N(c2ccc(C=C3CCCCC3)cc2)c2c3cc4ccccc4cc3c(N(c3ccc(C)cc3)c3ccc(C=C4CCCCC4)cc3)c3cc4ccccc4cc23)cc1. The van der Waals surface area contributed by atoms with E-state index in [-0.39, 0.29) is 0 Å². The Kier molecular flexibility index (Phi) is 10.8. The Balaban J connectivity index is 1.22. The third-order valence-corrected chi connectivity index (χ3v) is 13.9. The van der Waals surface area contributed by atoms with Crippen LogP contribution in [0.4, 0.5) is 34.1 Å². The number of anilines is 6. The minimum Gasteiger partial charge on any atom is -0.309 e. The summed E-state index contributed by atoms with van der Waals surface area (Å²) in [5, 5.41) is 9.74. The Labute approximate surface area is 378 Å². The lowest BCUT2D eigenvalue weighted by Crippen LogP contribution is -2.15. The molecule has 0 amide bonds. The van der Waals surface area contributed by atoms with Crippen molar-refractivity contribution in [1.29, 1.82) is 0 Å². The van der Waals surface area contributed by atoms with Crippen molar-refractivity contribution in [3.8, 4) is 0 Å². The summed E-state index contributed by atoms with van der Waals surface area (Å²) in [5.41, 5.74) is 15.1. The van der Waals surface area contributed by atoms with E-state index < -0.39 is 0 Å². The molecule has 2 aliphatic carbocycles. The molecule has 2 heteroatoms. The first-order valence-electron chi connectivity index (χ1n) is 23.7. The Morgan fingerprint density at radius 1 is 0.328 bits per heavy atom. The molecule has 0 saturated heterocycles. The molecule has 0 radical (unpaired) electrons. The van der Waals surface area contributed by atoms with E-state index >= 15 is 0 Å². The van der Waals surface area contributed by atoms with Crippen molar-refractivity contribution < 1.29 is 0 Å². The van der Waals surface area contributed by atoms with Gasteiger partial charge in [-0.05, 0) is 171 Å². The second kappa shape index (κ2) is 17.3. The first-order valence-corrected chi connectivity index (χ1v) is 23.7. The summed E-state index contributed by atoms with van der Waals surface area (Å²) in [6, 6.07) is 64.4. The van der Waals surface area contributed by atoms with Gasteiger partial charge in [0.1, 0.15) is 0 Å². The largest absolute Gasteiger partial charge is 0.309 e. The van der Waals surface area contributed by atoms with Gasteiger partial charge < -0.3 is 9.80 Å². The van der Waals surface area contributed by atoms with Crippen LogP contribution in [0.15, 0.2) is 181 Å². The van der Waals surface area contributed by atoms with E-state index in [9.17, 15) is 0 Å². The summed E-state index contributed by atoms with van der Waals surface area (Å²) < 4.78 is 0. The smallest absolute Gasteiger partial charge is 0.0620 e. The van der Waals surface area contributed by atoms with Gasteiger partial charge in [-0.3, -0.25) is 0 Å². The number of benzene rings is 9. The lowest BCUT2D eigenvalue weighted by Gasteiger charge is -2.33. The molecule has 0 N–H and O–H groups in total. The van der Waals surface area contributed by atoms with Crippen LogP contribution in [0.25, 0.3) is 55.2 Å². The molecule has 64 heavy (non-hydrogen) atoms. The van der Waals surface area contributed by atoms with Gasteiger partial charge in [0.2, 0.25) is 0 Å². The first-order chi connectivity index (χ1) is 31.5. The quantitative estimate of drug-likeness (QED) is 0.111. The van der Waals surface area contributed by atoms with Gasteiger partial charge in [0.05, 0.1) is 11.4 Å². The summed E-state index contributed by atoms with van der Waals surface area (Å²) >= 11 is 0. The second-order valence-electron chi connectivity index (χ2n) is 18.4. The summed E-state index contributed by atoms with van der Waals surface area (Å²) in [4.78, 5) is 5.05. The van der Waals surface area contributed by atoms with Crippen LogP contribution in [0.3, 0.4) is 0 Å². The van der Waals surface area contributed by atoms with E-state index in [0.29, 0.717) is 0 Å². The van der Waals surface area contributed by atoms with E-state index in [2.05, 4.69) is 206 Å². The van der Waals surface area contributed by atoms with Crippen LogP contribution in [-0.4, -0.2) is 0 Å². The predicted molar refractivity (Wildman–Crippen MR) is 277 cm³/mol. The van der Waals surface area contributed by atoms with Crippen LogP contribution < -0.4 is 9.80 Å². The molecular weight excluding hydrogens is 773 g/mol. The zero-order valence-corrected chi connectivity index (χ0v) is 37.3. The molecule has 0 bridgehead atoms. The van der Waals surface area contributed by atoms with E-state index in [1.165, 1.54) is 141 Å². The molecule has 9 aromatic rings. The molecule has 2 aliphatic rings. The summed E-state index contributed by atoms with van der Waals surface area (Å²) in [5.74, 6) is 0. The van der Waals surface area contributed by atoms with Crippen LogP contribution in [0.2, 0.25) is 0 Å². The number of rotatable bonds is 8. The molecule has 0 spiro atoms. The second-order valence-corrected chi connectivity index (χ2v) is 18.4. The van der Waals surface area contributed by atoms with Gasteiger partial charge in [-0.1, -0.05) is 144 Å². The zero-order chi connectivity index (χ0) is 43.0. The lowest BCUT2D eigenvalue weighted by molar-refractivity contribution is 0.602. The Bertz CT molecular complexity index is 2880. The van der Waals surface area contributed by atoms with Crippen molar-refractivity contribution in [3.05, 3.63) is 203 Å². The standard InChI is InChI=1S/C62H56N2/c1-43-21-29-53(30-22-43)63(55-33-25-47(26-34-55)37-45-13-5-3-6-14-45)61-57-39-49-17-9-11-19-51(49)41-59(57)62(60-42-52-20-12-10-18-50(52)40-58(60)61)64(54-31-23-44(2)24-32-54)56-35-27-48(28-36-56)38-46-15-7-4-8-16-46/h9-12,17-42H,3-8,13-16H2,1-2H3.